The maximum Gasteiger partial charge on any atom is 0.0679 e. The van der Waals surface area contributed by atoms with Crippen LogP contribution in [-0.4, -0.2) is 13.1 Å². The minimum absolute atomic E-state index is 0.144. The highest BCUT2D eigenvalue weighted by Gasteiger charge is 2.25. The second kappa shape index (κ2) is 5.86. The number of nitrogens with zero attached hydrogens (tertiary/aromatic N) is 1. The maximum atomic E-state index is 6.36. The number of hydrogen-bond acceptors (Lipinski definition) is 2. The molecular formula is C17H19ClN2. The van der Waals surface area contributed by atoms with Crippen molar-refractivity contribution in [1.29, 1.82) is 0 Å². The molecule has 1 aliphatic heterocycles. The minimum Gasteiger partial charge on any atom is -0.363 e. The van der Waals surface area contributed by atoms with Crippen molar-refractivity contribution in [2.45, 2.75) is 18.9 Å². The van der Waals surface area contributed by atoms with Crippen LogP contribution in [0.25, 0.3) is 0 Å². The highest BCUT2D eigenvalue weighted by atomic mass is 35.5. The Morgan fingerprint density at radius 3 is 2.65 bits per heavy atom. The van der Waals surface area contributed by atoms with Crippen LogP contribution in [0.3, 0.4) is 0 Å². The zero-order chi connectivity index (χ0) is 13.9. The van der Waals surface area contributed by atoms with Gasteiger partial charge in [-0.1, -0.05) is 48.0 Å². The molecule has 0 aromatic heterocycles. The first-order valence-electron chi connectivity index (χ1n) is 7.10. The van der Waals surface area contributed by atoms with E-state index < -0.39 is 0 Å². The largest absolute Gasteiger partial charge is 0.363 e. The van der Waals surface area contributed by atoms with Crippen molar-refractivity contribution in [2.24, 2.45) is 5.73 Å². The molecule has 1 atom stereocenters. The standard InChI is InChI=1S/C17H19ClN2/c18-15-9-3-2-8-14(15)17(12-19)20-11-5-7-13-6-1-4-10-16(13)20/h1-4,6,8-10,17H,5,7,11-12,19H2. The Morgan fingerprint density at radius 2 is 1.85 bits per heavy atom. The van der Waals surface area contributed by atoms with Gasteiger partial charge in [-0.3, -0.25) is 0 Å². The lowest BCUT2D eigenvalue weighted by molar-refractivity contribution is 0.588. The average Bonchev–Trinajstić information content (AvgIpc) is 2.50. The molecule has 1 unspecified atom stereocenters. The van der Waals surface area contributed by atoms with Crippen molar-refractivity contribution < 1.29 is 0 Å². The summed E-state index contributed by atoms with van der Waals surface area (Å²) in [6.45, 7) is 1.60. The fourth-order valence-corrected chi connectivity index (χ4v) is 3.32. The molecule has 0 fully saturated rings. The van der Waals surface area contributed by atoms with E-state index in [0.29, 0.717) is 6.54 Å². The van der Waals surface area contributed by atoms with Gasteiger partial charge in [0.05, 0.1) is 6.04 Å². The van der Waals surface area contributed by atoms with Crippen molar-refractivity contribution in [1.82, 2.24) is 0 Å². The lowest BCUT2D eigenvalue weighted by atomic mass is 9.97. The smallest absolute Gasteiger partial charge is 0.0679 e. The van der Waals surface area contributed by atoms with Gasteiger partial charge < -0.3 is 10.6 Å². The van der Waals surface area contributed by atoms with Gasteiger partial charge in [-0.05, 0) is 36.1 Å². The van der Waals surface area contributed by atoms with Crippen LogP contribution in [0.5, 0.6) is 0 Å². The highest BCUT2D eigenvalue weighted by molar-refractivity contribution is 6.31. The lowest BCUT2D eigenvalue weighted by Gasteiger charge is -2.38. The van der Waals surface area contributed by atoms with E-state index in [1.54, 1.807) is 0 Å². The second-order valence-corrected chi connectivity index (χ2v) is 5.61. The molecule has 20 heavy (non-hydrogen) atoms. The fraction of sp³-hybridized carbons (Fsp3) is 0.294. The van der Waals surface area contributed by atoms with Gasteiger partial charge in [0.2, 0.25) is 0 Å². The monoisotopic (exact) mass is 286 g/mol. The summed E-state index contributed by atoms with van der Waals surface area (Å²) in [5, 5.41) is 0.797. The number of nitrogens with two attached hydrogens (primary N) is 1. The first-order chi connectivity index (χ1) is 9.81. The number of rotatable bonds is 3. The molecule has 1 heterocycles. The molecule has 3 rings (SSSR count). The van der Waals surface area contributed by atoms with E-state index >= 15 is 0 Å². The lowest BCUT2D eigenvalue weighted by Crippen LogP contribution is -2.37. The van der Waals surface area contributed by atoms with Crippen molar-refractivity contribution in [3.05, 3.63) is 64.7 Å². The minimum atomic E-state index is 0.144. The van der Waals surface area contributed by atoms with Gasteiger partial charge in [0.1, 0.15) is 0 Å². The summed E-state index contributed by atoms with van der Waals surface area (Å²) in [6.07, 6.45) is 2.31. The molecule has 3 heteroatoms. The quantitative estimate of drug-likeness (QED) is 0.930. The Kier molecular flexibility index (Phi) is 3.95. The Bertz CT molecular complexity index is 597. The number of anilines is 1. The molecule has 2 aromatic rings. The summed E-state index contributed by atoms with van der Waals surface area (Å²) >= 11 is 6.36. The highest BCUT2D eigenvalue weighted by Crippen LogP contribution is 2.35. The molecule has 1 aliphatic rings. The van der Waals surface area contributed by atoms with E-state index in [1.807, 2.05) is 18.2 Å². The summed E-state index contributed by atoms with van der Waals surface area (Å²) < 4.78 is 0. The first-order valence-corrected chi connectivity index (χ1v) is 7.48. The molecule has 2 nitrogen and oxygen atoms in total. The van der Waals surface area contributed by atoms with Crippen LogP contribution in [0.2, 0.25) is 5.02 Å². The zero-order valence-electron chi connectivity index (χ0n) is 11.4. The number of hydrogen-bond donors (Lipinski definition) is 1. The topological polar surface area (TPSA) is 29.3 Å². The first kappa shape index (κ1) is 13.5. The Labute approximate surface area is 125 Å². The van der Waals surface area contributed by atoms with Crippen LogP contribution in [0.15, 0.2) is 48.5 Å². The summed E-state index contributed by atoms with van der Waals surface area (Å²) in [5.74, 6) is 0. The van der Waals surface area contributed by atoms with Crippen LogP contribution >= 0.6 is 11.6 Å². The normalized spacial score (nSPS) is 15.8. The van der Waals surface area contributed by atoms with Crippen LogP contribution in [0.1, 0.15) is 23.6 Å². The van der Waals surface area contributed by atoms with E-state index in [9.17, 15) is 0 Å². The van der Waals surface area contributed by atoms with E-state index in [-0.39, 0.29) is 6.04 Å². The van der Waals surface area contributed by atoms with Crippen LogP contribution in [0, 0.1) is 0 Å². The number of fused-ring (bicyclic) bond motifs is 1. The van der Waals surface area contributed by atoms with Gasteiger partial charge in [0, 0.05) is 23.8 Å². The third-order valence-corrected chi connectivity index (χ3v) is 4.35. The summed E-state index contributed by atoms with van der Waals surface area (Å²) in [7, 11) is 0. The molecule has 0 saturated heterocycles. The molecule has 104 valence electrons. The number of benzene rings is 2. The third-order valence-electron chi connectivity index (χ3n) is 4.01. The molecular weight excluding hydrogens is 268 g/mol. The predicted octanol–water partition coefficient (Wildman–Crippen LogP) is 3.79. The number of para-hydroxylation sites is 1. The van der Waals surface area contributed by atoms with E-state index in [4.69, 9.17) is 17.3 Å². The zero-order valence-corrected chi connectivity index (χ0v) is 12.2. The molecule has 0 amide bonds. The molecule has 0 bridgehead atoms. The Morgan fingerprint density at radius 1 is 1.10 bits per heavy atom. The van der Waals surface area contributed by atoms with Crippen LogP contribution < -0.4 is 10.6 Å². The third kappa shape index (κ3) is 2.41. The molecule has 0 aliphatic carbocycles. The van der Waals surface area contributed by atoms with Crippen LogP contribution in [-0.2, 0) is 6.42 Å². The maximum absolute atomic E-state index is 6.36. The van der Waals surface area contributed by atoms with Gasteiger partial charge in [0.25, 0.3) is 0 Å². The van der Waals surface area contributed by atoms with Gasteiger partial charge >= 0.3 is 0 Å². The molecule has 2 aromatic carbocycles. The van der Waals surface area contributed by atoms with Crippen molar-refractivity contribution in [3.63, 3.8) is 0 Å². The number of aryl methyl sites for hydroxylation is 1. The van der Waals surface area contributed by atoms with Gasteiger partial charge in [0.15, 0.2) is 0 Å². The molecule has 0 saturated carbocycles. The van der Waals surface area contributed by atoms with Crippen molar-refractivity contribution >= 4 is 17.3 Å². The van der Waals surface area contributed by atoms with E-state index in [2.05, 4.69) is 35.2 Å². The summed E-state index contributed by atoms with van der Waals surface area (Å²) in [4.78, 5) is 2.40. The fourth-order valence-electron chi connectivity index (χ4n) is 3.05. The van der Waals surface area contributed by atoms with Gasteiger partial charge in [-0.15, -0.1) is 0 Å². The second-order valence-electron chi connectivity index (χ2n) is 5.20. The number of halogens is 1. The molecule has 2 N–H and O–H groups in total. The van der Waals surface area contributed by atoms with E-state index in [0.717, 1.165) is 30.0 Å². The van der Waals surface area contributed by atoms with Crippen molar-refractivity contribution in [3.8, 4) is 0 Å². The molecule has 0 radical (unpaired) electrons. The summed E-state index contributed by atoms with van der Waals surface area (Å²) in [5.41, 5.74) is 9.89. The predicted molar refractivity (Wildman–Crippen MR) is 85.4 cm³/mol. The van der Waals surface area contributed by atoms with Crippen LogP contribution in [0.4, 0.5) is 5.69 Å². The SMILES string of the molecule is NCC(c1ccccc1Cl)N1CCCc2ccccc21. The average molecular weight is 287 g/mol. The van der Waals surface area contributed by atoms with Crippen molar-refractivity contribution in [2.75, 3.05) is 18.0 Å². The van der Waals surface area contributed by atoms with E-state index in [1.165, 1.54) is 11.3 Å². The van der Waals surface area contributed by atoms with Gasteiger partial charge in [-0.25, -0.2) is 0 Å². The van der Waals surface area contributed by atoms with Gasteiger partial charge in [-0.2, -0.15) is 0 Å². The summed E-state index contributed by atoms with van der Waals surface area (Å²) in [6, 6.07) is 16.8. The Balaban J connectivity index is 2.01. The Hall–Kier alpha value is -1.51. The molecule has 0 spiro atoms.